The minimum absolute atomic E-state index is 0.0347. The van der Waals surface area contributed by atoms with Crippen molar-refractivity contribution >= 4 is 33.2 Å². The molecule has 0 fully saturated rings. The summed E-state index contributed by atoms with van der Waals surface area (Å²) in [5.41, 5.74) is 0.725. The fourth-order valence-corrected chi connectivity index (χ4v) is 3.74. The average molecular weight is 464 g/mol. The smallest absolute Gasteiger partial charge is 0.253 e. The number of anilines is 2. The topological polar surface area (TPSA) is 114 Å². The standard InChI is InChI=1S/C22H29N3O6S/c1-6-15(2)23-22(27)17-9-7-8-10-18(17)24-21(26)14-25(32(5,28)29)19-13-16(30-3)11-12-20(19)31-4/h7-13,15H,6,14H2,1-5H3,(H,23,27)(H,24,26)/t15-/m0/s1. The van der Waals surface area contributed by atoms with Crippen LogP contribution in [0.25, 0.3) is 0 Å². The van der Waals surface area contributed by atoms with Gasteiger partial charge in [-0.15, -0.1) is 0 Å². The molecule has 0 spiro atoms. The summed E-state index contributed by atoms with van der Waals surface area (Å²) in [6.07, 6.45) is 1.75. The summed E-state index contributed by atoms with van der Waals surface area (Å²) < 4.78 is 36.4. The van der Waals surface area contributed by atoms with Gasteiger partial charge in [0, 0.05) is 12.1 Å². The highest BCUT2D eigenvalue weighted by atomic mass is 32.2. The molecule has 2 N–H and O–H groups in total. The Morgan fingerprint density at radius 3 is 2.38 bits per heavy atom. The second-order valence-corrected chi connectivity index (χ2v) is 9.09. The Morgan fingerprint density at radius 2 is 1.78 bits per heavy atom. The van der Waals surface area contributed by atoms with Gasteiger partial charge < -0.3 is 20.1 Å². The number of nitrogens with zero attached hydrogens (tertiary/aromatic N) is 1. The monoisotopic (exact) mass is 463 g/mol. The fraction of sp³-hybridized carbons (Fsp3) is 0.364. The van der Waals surface area contributed by atoms with E-state index < -0.39 is 22.5 Å². The van der Waals surface area contributed by atoms with Crippen molar-refractivity contribution in [3.8, 4) is 11.5 Å². The minimum atomic E-state index is -3.85. The first-order chi connectivity index (χ1) is 15.1. The number of nitrogens with one attached hydrogen (secondary N) is 2. The van der Waals surface area contributed by atoms with Crippen molar-refractivity contribution in [1.29, 1.82) is 0 Å². The summed E-state index contributed by atoms with van der Waals surface area (Å²) in [4.78, 5) is 25.4. The highest BCUT2D eigenvalue weighted by Crippen LogP contribution is 2.33. The van der Waals surface area contributed by atoms with Crippen LogP contribution in [0.4, 0.5) is 11.4 Å². The van der Waals surface area contributed by atoms with Crippen molar-refractivity contribution in [1.82, 2.24) is 5.32 Å². The minimum Gasteiger partial charge on any atom is -0.497 e. The van der Waals surface area contributed by atoms with Crippen LogP contribution in [0.5, 0.6) is 11.5 Å². The van der Waals surface area contributed by atoms with E-state index in [1.165, 1.54) is 20.3 Å². The van der Waals surface area contributed by atoms with E-state index in [1.54, 1.807) is 36.4 Å². The summed E-state index contributed by atoms with van der Waals surface area (Å²) in [6, 6.07) is 11.1. The number of hydrogen-bond donors (Lipinski definition) is 2. The van der Waals surface area contributed by atoms with Crippen LogP contribution in [-0.4, -0.2) is 53.3 Å². The predicted molar refractivity (Wildman–Crippen MR) is 124 cm³/mol. The van der Waals surface area contributed by atoms with Crippen molar-refractivity contribution in [3.63, 3.8) is 0 Å². The average Bonchev–Trinajstić information content (AvgIpc) is 2.76. The third kappa shape index (κ3) is 6.36. The van der Waals surface area contributed by atoms with E-state index >= 15 is 0 Å². The molecular formula is C22H29N3O6S. The lowest BCUT2D eigenvalue weighted by Crippen LogP contribution is -2.38. The van der Waals surface area contributed by atoms with Crippen molar-refractivity contribution in [3.05, 3.63) is 48.0 Å². The highest BCUT2D eigenvalue weighted by molar-refractivity contribution is 7.92. The molecule has 0 bridgehead atoms. The lowest BCUT2D eigenvalue weighted by Gasteiger charge is -2.24. The number of hydrogen-bond acceptors (Lipinski definition) is 6. The molecule has 0 aliphatic heterocycles. The molecule has 0 saturated heterocycles. The van der Waals surface area contributed by atoms with Gasteiger partial charge >= 0.3 is 0 Å². The number of carbonyl (C=O) groups excluding carboxylic acids is 2. The van der Waals surface area contributed by atoms with Crippen LogP contribution in [0.2, 0.25) is 0 Å². The summed E-state index contributed by atoms with van der Waals surface area (Å²) >= 11 is 0. The second-order valence-electron chi connectivity index (χ2n) is 7.18. The number of ether oxygens (including phenoxy) is 2. The van der Waals surface area contributed by atoms with E-state index in [9.17, 15) is 18.0 Å². The number of rotatable bonds is 10. The molecule has 1 atom stereocenters. The molecule has 0 heterocycles. The molecule has 2 aromatic rings. The fourth-order valence-electron chi connectivity index (χ4n) is 2.89. The van der Waals surface area contributed by atoms with Gasteiger partial charge in [-0.1, -0.05) is 19.1 Å². The normalized spacial score (nSPS) is 11.9. The van der Waals surface area contributed by atoms with Crippen LogP contribution in [0.3, 0.4) is 0 Å². The van der Waals surface area contributed by atoms with Gasteiger partial charge in [0.2, 0.25) is 15.9 Å². The Balaban J connectivity index is 2.32. The zero-order chi connectivity index (χ0) is 23.9. The van der Waals surface area contributed by atoms with Gasteiger partial charge in [-0.2, -0.15) is 0 Å². The Morgan fingerprint density at radius 1 is 1.09 bits per heavy atom. The molecule has 0 unspecified atom stereocenters. The van der Waals surface area contributed by atoms with Crippen molar-refractivity contribution in [2.75, 3.05) is 36.6 Å². The molecule has 0 aliphatic rings. The molecular weight excluding hydrogens is 434 g/mol. The van der Waals surface area contributed by atoms with Gasteiger partial charge in [-0.05, 0) is 37.6 Å². The lowest BCUT2D eigenvalue weighted by molar-refractivity contribution is -0.114. The maximum absolute atomic E-state index is 12.8. The Kier molecular flexibility index (Phi) is 8.48. The van der Waals surface area contributed by atoms with Gasteiger partial charge in [0.05, 0.1) is 37.4 Å². The molecule has 32 heavy (non-hydrogen) atoms. The Hall–Kier alpha value is -3.27. The predicted octanol–water partition coefficient (Wildman–Crippen LogP) is 2.64. The maximum atomic E-state index is 12.8. The molecule has 2 rings (SSSR count). The summed E-state index contributed by atoms with van der Waals surface area (Å²) in [5, 5.41) is 5.49. The molecule has 0 aromatic heterocycles. The summed E-state index contributed by atoms with van der Waals surface area (Å²) in [6.45, 7) is 3.31. The van der Waals surface area contributed by atoms with Crippen molar-refractivity contribution in [2.45, 2.75) is 26.3 Å². The molecule has 0 saturated carbocycles. The zero-order valence-corrected chi connectivity index (χ0v) is 19.7. The van der Waals surface area contributed by atoms with Crippen LogP contribution >= 0.6 is 0 Å². The first-order valence-electron chi connectivity index (χ1n) is 10.00. The van der Waals surface area contributed by atoms with E-state index in [1.807, 2.05) is 13.8 Å². The quantitative estimate of drug-likeness (QED) is 0.560. The number of sulfonamides is 1. The van der Waals surface area contributed by atoms with Gasteiger partial charge in [0.1, 0.15) is 18.0 Å². The van der Waals surface area contributed by atoms with Crippen LogP contribution in [0.15, 0.2) is 42.5 Å². The van der Waals surface area contributed by atoms with Gasteiger partial charge in [-0.3, -0.25) is 13.9 Å². The molecule has 174 valence electrons. The van der Waals surface area contributed by atoms with E-state index in [0.717, 1.165) is 17.0 Å². The lowest BCUT2D eigenvalue weighted by atomic mass is 10.1. The molecule has 0 aliphatic carbocycles. The molecule has 9 nitrogen and oxygen atoms in total. The Labute approximate surface area is 188 Å². The number of benzene rings is 2. The Bertz CT molecular complexity index is 1070. The van der Waals surface area contributed by atoms with E-state index in [4.69, 9.17) is 9.47 Å². The first-order valence-corrected chi connectivity index (χ1v) is 11.8. The summed E-state index contributed by atoms with van der Waals surface area (Å²) in [5.74, 6) is -0.284. The number of carbonyl (C=O) groups is 2. The third-order valence-electron chi connectivity index (χ3n) is 4.78. The third-order valence-corrected chi connectivity index (χ3v) is 5.90. The van der Waals surface area contributed by atoms with Crippen molar-refractivity contribution < 1.29 is 27.5 Å². The van der Waals surface area contributed by atoms with Crippen LogP contribution in [0.1, 0.15) is 30.6 Å². The first kappa shape index (κ1) is 25.0. The zero-order valence-electron chi connectivity index (χ0n) is 18.8. The van der Waals surface area contributed by atoms with E-state index in [2.05, 4.69) is 10.6 Å². The molecule has 0 radical (unpaired) electrons. The molecule has 10 heteroatoms. The second kappa shape index (κ2) is 10.9. The highest BCUT2D eigenvalue weighted by Gasteiger charge is 2.25. The summed E-state index contributed by atoms with van der Waals surface area (Å²) in [7, 11) is -1.00. The number of methoxy groups -OCH3 is 2. The van der Waals surface area contributed by atoms with Crippen LogP contribution < -0.4 is 24.4 Å². The molecule has 2 amide bonds. The SMILES string of the molecule is CC[C@H](C)NC(=O)c1ccccc1NC(=O)CN(c1cc(OC)ccc1OC)S(C)(=O)=O. The maximum Gasteiger partial charge on any atom is 0.253 e. The van der Waals surface area contributed by atoms with Crippen molar-refractivity contribution in [2.24, 2.45) is 0 Å². The number of amides is 2. The van der Waals surface area contributed by atoms with Gasteiger partial charge in [-0.25, -0.2) is 8.42 Å². The molecule has 2 aromatic carbocycles. The van der Waals surface area contributed by atoms with Crippen LogP contribution in [0, 0.1) is 0 Å². The van der Waals surface area contributed by atoms with Gasteiger partial charge in [0.15, 0.2) is 0 Å². The van der Waals surface area contributed by atoms with Crippen LogP contribution in [-0.2, 0) is 14.8 Å². The largest absolute Gasteiger partial charge is 0.497 e. The van der Waals surface area contributed by atoms with Gasteiger partial charge in [0.25, 0.3) is 5.91 Å². The number of para-hydroxylation sites is 1. The van der Waals surface area contributed by atoms with E-state index in [-0.39, 0.29) is 34.6 Å². The van der Waals surface area contributed by atoms with E-state index in [0.29, 0.717) is 5.75 Å².